The van der Waals surface area contributed by atoms with Crippen LogP contribution in [0.4, 0.5) is 0 Å². The molecule has 0 aliphatic rings. The molecule has 0 radical (unpaired) electrons. The van der Waals surface area contributed by atoms with Crippen molar-refractivity contribution in [2.45, 2.75) is 26.2 Å². The minimum Gasteiger partial charge on any atom is -0.457 e. The van der Waals surface area contributed by atoms with Crippen molar-refractivity contribution < 1.29 is 9.53 Å². The first-order chi connectivity index (χ1) is 13.4. The Hall–Kier alpha value is -3.40. The Labute approximate surface area is 165 Å². The van der Waals surface area contributed by atoms with Crippen molar-refractivity contribution in [1.29, 1.82) is 0 Å². The van der Waals surface area contributed by atoms with Gasteiger partial charge < -0.3 is 4.74 Å². The van der Waals surface area contributed by atoms with Gasteiger partial charge in [0.1, 0.15) is 11.5 Å². The number of ether oxygens (including phenoxy) is 1. The van der Waals surface area contributed by atoms with E-state index in [1.807, 2.05) is 78.9 Å². The third-order valence-corrected chi connectivity index (χ3v) is 4.23. The first-order valence-corrected chi connectivity index (χ1v) is 9.19. The van der Waals surface area contributed by atoms with E-state index in [4.69, 9.17) is 4.74 Å². The Balaban J connectivity index is 1.61. The number of hydrazone groups is 1. The van der Waals surface area contributed by atoms with Crippen molar-refractivity contribution in [2.75, 3.05) is 0 Å². The van der Waals surface area contributed by atoms with E-state index in [0.717, 1.165) is 11.3 Å². The van der Waals surface area contributed by atoms with E-state index in [1.165, 1.54) is 5.56 Å². The van der Waals surface area contributed by atoms with Crippen molar-refractivity contribution in [3.05, 3.63) is 95.6 Å². The molecule has 0 heterocycles. The molecule has 0 spiro atoms. The molecule has 1 N–H and O–H groups in total. The van der Waals surface area contributed by atoms with E-state index in [1.54, 1.807) is 6.21 Å². The maximum Gasteiger partial charge on any atom is 0.271 e. The molecule has 4 heteroatoms. The molecule has 0 aliphatic heterocycles. The molecule has 3 aromatic rings. The van der Waals surface area contributed by atoms with Crippen molar-refractivity contribution in [2.24, 2.45) is 5.10 Å². The molecule has 0 unspecified atom stereocenters. The third kappa shape index (κ3) is 5.30. The van der Waals surface area contributed by atoms with Gasteiger partial charge in [0.05, 0.1) is 6.21 Å². The quantitative estimate of drug-likeness (QED) is 0.472. The molecule has 0 aromatic heterocycles. The lowest BCUT2D eigenvalue weighted by Crippen LogP contribution is -2.18. The summed E-state index contributed by atoms with van der Waals surface area (Å²) in [4.78, 5) is 12.3. The van der Waals surface area contributed by atoms with Gasteiger partial charge in [0.15, 0.2) is 0 Å². The summed E-state index contributed by atoms with van der Waals surface area (Å²) < 4.78 is 5.81. The fourth-order valence-electron chi connectivity index (χ4n) is 2.63. The second-order valence-corrected chi connectivity index (χ2v) is 7.51. The summed E-state index contributed by atoms with van der Waals surface area (Å²) in [5.74, 6) is 1.23. The second kappa shape index (κ2) is 8.53. The van der Waals surface area contributed by atoms with Crippen LogP contribution >= 0.6 is 0 Å². The smallest absolute Gasteiger partial charge is 0.271 e. The van der Waals surface area contributed by atoms with Crippen molar-refractivity contribution in [3.63, 3.8) is 0 Å². The van der Waals surface area contributed by atoms with Crippen LogP contribution < -0.4 is 10.2 Å². The minimum absolute atomic E-state index is 0.0556. The van der Waals surface area contributed by atoms with Crippen molar-refractivity contribution >= 4 is 12.1 Å². The molecular weight excluding hydrogens is 348 g/mol. The number of rotatable bonds is 5. The highest BCUT2D eigenvalue weighted by Crippen LogP contribution is 2.22. The number of para-hydroxylation sites is 1. The molecule has 0 bridgehead atoms. The van der Waals surface area contributed by atoms with E-state index in [2.05, 4.69) is 31.3 Å². The Morgan fingerprint density at radius 3 is 2.25 bits per heavy atom. The van der Waals surface area contributed by atoms with Gasteiger partial charge in [0.25, 0.3) is 5.91 Å². The lowest BCUT2D eigenvalue weighted by atomic mass is 9.87. The van der Waals surface area contributed by atoms with Gasteiger partial charge in [-0.25, -0.2) is 5.43 Å². The molecule has 0 aliphatic carbocycles. The lowest BCUT2D eigenvalue weighted by Gasteiger charge is -2.18. The fraction of sp³-hybridized carbons (Fsp3) is 0.167. The van der Waals surface area contributed by atoms with Gasteiger partial charge in [-0.2, -0.15) is 5.10 Å². The molecule has 3 aromatic carbocycles. The largest absolute Gasteiger partial charge is 0.457 e. The normalized spacial score (nSPS) is 11.4. The Kier molecular flexibility index (Phi) is 5.90. The molecule has 0 saturated carbocycles. The average Bonchev–Trinajstić information content (AvgIpc) is 2.68. The van der Waals surface area contributed by atoms with Crippen LogP contribution in [0.3, 0.4) is 0 Å². The number of hydrogen-bond acceptors (Lipinski definition) is 3. The lowest BCUT2D eigenvalue weighted by molar-refractivity contribution is 0.0955. The molecule has 28 heavy (non-hydrogen) atoms. The molecule has 4 nitrogen and oxygen atoms in total. The number of hydrogen-bond donors (Lipinski definition) is 1. The van der Waals surface area contributed by atoms with Crippen molar-refractivity contribution in [3.8, 4) is 11.5 Å². The third-order valence-electron chi connectivity index (χ3n) is 4.23. The van der Waals surface area contributed by atoms with Crippen LogP contribution in [0, 0.1) is 0 Å². The summed E-state index contributed by atoms with van der Waals surface area (Å²) >= 11 is 0. The van der Waals surface area contributed by atoms with Crippen LogP contribution in [-0.4, -0.2) is 12.1 Å². The SMILES string of the molecule is CC(C)(C)c1ccc(C(=O)N/N=C\c2cccc(Oc3ccccc3)c2)cc1. The van der Waals surface area contributed by atoms with Gasteiger partial charge in [-0.3, -0.25) is 4.79 Å². The standard InChI is InChI=1S/C24H24N2O2/c1-24(2,3)20-14-12-19(13-15-20)23(27)26-25-17-18-8-7-11-22(16-18)28-21-9-5-4-6-10-21/h4-17H,1-3H3,(H,26,27)/b25-17-. The summed E-state index contributed by atoms with van der Waals surface area (Å²) in [5, 5.41) is 4.06. The summed E-state index contributed by atoms with van der Waals surface area (Å²) in [6.07, 6.45) is 1.60. The summed E-state index contributed by atoms with van der Waals surface area (Å²) in [6.45, 7) is 6.42. The van der Waals surface area contributed by atoms with E-state index in [-0.39, 0.29) is 11.3 Å². The highest BCUT2D eigenvalue weighted by atomic mass is 16.5. The first kappa shape index (κ1) is 19.4. The van der Waals surface area contributed by atoms with E-state index < -0.39 is 0 Å². The number of amides is 1. The predicted molar refractivity (Wildman–Crippen MR) is 113 cm³/mol. The van der Waals surface area contributed by atoms with Crippen LogP contribution in [0.5, 0.6) is 11.5 Å². The molecule has 0 fully saturated rings. The van der Waals surface area contributed by atoms with Gasteiger partial charge in [-0.05, 0) is 52.9 Å². The summed E-state index contributed by atoms with van der Waals surface area (Å²) in [5.41, 5.74) is 5.21. The fourth-order valence-corrected chi connectivity index (χ4v) is 2.63. The zero-order valence-electron chi connectivity index (χ0n) is 16.3. The number of nitrogens with one attached hydrogen (secondary N) is 1. The molecule has 1 amide bonds. The van der Waals surface area contributed by atoms with Crippen LogP contribution in [0.15, 0.2) is 84.0 Å². The average molecular weight is 372 g/mol. The van der Waals surface area contributed by atoms with Gasteiger partial charge in [0.2, 0.25) is 0 Å². The monoisotopic (exact) mass is 372 g/mol. The number of nitrogens with zero attached hydrogens (tertiary/aromatic N) is 1. The molecule has 142 valence electrons. The number of carbonyl (C=O) groups excluding carboxylic acids is 1. The predicted octanol–water partition coefficient (Wildman–Crippen LogP) is 5.54. The highest BCUT2D eigenvalue weighted by Gasteiger charge is 2.14. The zero-order chi connectivity index (χ0) is 20.0. The zero-order valence-corrected chi connectivity index (χ0v) is 16.3. The maximum absolute atomic E-state index is 12.3. The topological polar surface area (TPSA) is 50.7 Å². The van der Waals surface area contributed by atoms with E-state index in [9.17, 15) is 4.79 Å². The van der Waals surface area contributed by atoms with Gasteiger partial charge in [-0.15, -0.1) is 0 Å². The van der Waals surface area contributed by atoms with Crippen LogP contribution in [0.1, 0.15) is 42.3 Å². The van der Waals surface area contributed by atoms with Gasteiger partial charge in [-0.1, -0.05) is 63.2 Å². The van der Waals surface area contributed by atoms with Crippen LogP contribution in [-0.2, 0) is 5.41 Å². The first-order valence-electron chi connectivity index (χ1n) is 9.19. The summed E-state index contributed by atoms with van der Waals surface area (Å²) in [7, 11) is 0. The summed E-state index contributed by atoms with van der Waals surface area (Å²) in [6, 6.07) is 24.7. The molecule has 3 rings (SSSR count). The van der Waals surface area contributed by atoms with Gasteiger partial charge in [0, 0.05) is 5.56 Å². The number of carbonyl (C=O) groups is 1. The van der Waals surface area contributed by atoms with E-state index in [0.29, 0.717) is 11.3 Å². The Bertz CT molecular complexity index is 956. The van der Waals surface area contributed by atoms with Crippen LogP contribution in [0.2, 0.25) is 0 Å². The van der Waals surface area contributed by atoms with Crippen LogP contribution in [0.25, 0.3) is 0 Å². The van der Waals surface area contributed by atoms with Gasteiger partial charge >= 0.3 is 0 Å². The Morgan fingerprint density at radius 2 is 1.57 bits per heavy atom. The molecular formula is C24H24N2O2. The number of benzene rings is 3. The molecule has 0 atom stereocenters. The maximum atomic E-state index is 12.3. The van der Waals surface area contributed by atoms with Crippen molar-refractivity contribution in [1.82, 2.24) is 5.43 Å². The highest BCUT2D eigenvalue weighted by molar-refractivity contribution is 5.94. The minimum atomic E-state index is -0.242. The molecule has 0 saturated heterocycles. The van der Waals surface area contributed by atoms with E-state index >= 15 is 0 Å². The second-order valence-electron chi connectivity index (χ2n) is 7.51. The Morgan fingerprint density at radius 1 is 0.893 bits per heavy atom.